The van der Waals surface area contributed by atoms with Crippen LogP contribution in [0.5, 0.6) is 23.0 Å². The molecule has 0 N–H and O–H groups in total. The van der Waals surface area contributed by atoms with E-state index in [1.165, 1.54) is 0 Å². The molecule has 5 nitrogen and oxygen atoms in total. The minimum atomic E-state index is -0.363. The summed E-state index contributed by atoms with van der Waals surface area (Å²) in [5.41, 5.74) is 1.42. The van der Waals surface area contributed by atoms with E-state index in [-0.39, 0.29) is 18.5 Å². The maximum absolute atomic E-state index is 13.1. The molecular weight excluding hydrogens is 320 g/mol. The highest BCUT2D eigenvalue weighted by Gasteiger charge is 2.24. The zero-order chi connectivity index (χ0) is 17.8. The number of carbonyl (C=O) groups excluding carboxylic acids is 1. The molecule has 0 saturated carbocycles. The molecule has 1 aliphatic heterocycles. The number of carbonyl (C=O) groups is 1. The number of fused-ring (bicyclic) bond motifs is 1. The van der Waals surface area contributed by atoms with Gasteiger partial charge in [0.25, 0.3) is 0 Å². The number of hydrogen-bond donors (Lipinski definition) is 0. The van der Waals surface area contributed by atoms with Gasteiger partial charge in [-0.2, -0.15) is 0 Å². The van der Waals surface area contributed by atoms with E-state index in [0.29, 0.717) is 35.0 Å². The summed E-state index contributed by atoms with van der Waals surface area (Å²) in [6, 6.07) is 10.7. The van der Waals surface area contributed by atoms with E-state index in [9.17, 15) is 4.79 Å². The summed E-state index contributed by atoms with van der Waals surface area (Å²) in [7, 11) is 3.15. The van der Waals surface area contributed by atoms with Crippen molar-refractivity contribution >= 4 is 5.78 Å². The molecular formula is C20H20O5. The summed E-state index contributed by atoms with van der Waals surface area (Å²) in [4.78, 5) is 13.1. The van der Waals surface area contributed by atoms with Crippen molar-refractivity contribution in [3.05, 3.63) is 60.2 Å². The lowest BCUT2D eigenvalue weighted by Crippen LogP contribution is -2.13. The quantitative estimate of drug-likeness (QED) is 0.564. The summed E-state index contributed by atoms with van der Waals surface area (Å²) in [6.45, 7) is 3.96. The van der Waals surface area contributed by atoms with E-state index in [2.05, 4.69) is 6.58 Å². The van der Waals surface area contributed by atoms with Crippen molar-refractivity contribution in [1.29, 1.82) is 0 Å². The van der Waals surface area contributed by atoms with Gasteiger partial charge in [-0.1, -0.05) is 12.1 Å². The third-order valence-electron chi connectivity index (χ3n) is 4.19. The van der Waals surface area contributed by atoms with E-state index in [1.54, 1.807) is 44.6 Å². The van der Waals surface area contributed by atoms with Crippen LogP contribution in [0, 0.1) is 0 Å². The zero-order valence-corrected chi connectivity index (χ0v) is 14.3. The van der Waals surface area contributed by atoms with Crippen LogP contribution in [0.3, 0.4) is 0 Å². The van der Waals surface area contributed by atoms with Gasteiger partial charge in [0.15, 0.2) is 28.8 Å². The maximum Gasteiger partial charge on any atom is 0.231 e. The lowest BCUT2D eigenvalue weighted by molar-refractivity contribution is 0.0959. The Labute approximate surface area is 146 Å². The molecule has 0 spiro atoms. The standard InChI is InChI=1S/C20H20O5/c1-4-5-15(13-6-8-16(22-2)18(10-13)23-3)20(21)14-7-9-17-19(11-14)25-12-24-17/h4,6-11,15H,1,5,12H2,2-3H3/t15-/m0/s1. The molecule has 0 aliphatic carbocycles. The summed E-state index contributed by atoms with van der Waals surface area (Å²) in [5.74, 6) is 2.09. The normalized spacial score (nSPS) is 13.2. The first-order valence-electron chi connectivity index (χ1n) is 7.94. The molecule has 0 bridgehead atoms. The van der Waals surface area contributed by atoms with E-state index in [4.69, 9.17) is 18.9 Å². The first-order chi connectivity index (χ1) is 12.2. The maximum atomic E-state index is 13.1. The van der Waals surface area contributed by atoms with Crippen molar-refractivity contribution < 1.29 is 23.7 Å². The molecule has 1 aliphatic rings. The van der Waals surface area contributed by atoms with E-state index in [1.807, 2.05) is 12.1 Å². The fourth-order valence-electron chi connectivity index (χ4n) is 2.88. The highest BCUT2D eigenvalue weighted by atomic mass is 16.7. The number of methoxy groups -OCH3 is 2. The Hall–Kier alpha value is -2.95. The Bertz CT molecular complexity index is 797. The SMILES string of the molecule is C=CC[C@H](C(=O)c1ccc2c(c1)OCO2)c1ccc(OC)c(OC)c1. The van der Waals surface area contributed by atoms with E-state index < -0.39 is 0 Å². The average Bonchev–Trinajstić information content (AvgIpc) is 3.12. The van der Waals surface area contributed by atoms with Gasteiger partial charge in [-0.25, -0.2) is 0 Å². The molecule has 0 amide bonds. The predicted octanol–water partition coefficient (Wildman–Crippen LogP) is 3.98. The number of benzene rings is 2. The van der Waals surface area contributed by atoms with Crippen LogP contribution < -0.4 is 18.9 Å². The van der Waals surface area contributed by atoms with Crippen molar-refractivity contribution in [2.24, 2.45) is 0 Å². The van der Waals surface area contributed by atoms with Crippen molar-refractivity contribution in [3.63, 3.8) is 0 Å². The van der Waals surface area contributed by atoms with Crippen LogP contribution in [0.1, 0.15) is 28.3 Å². The van der Waals surface area contributed by atoms with Crippen LogP contribution in [0.15, 0.2) is 49.1 Å². The Morgan fingerprint density at radius 1 is 1.12 bits per heavy atom. The first kappa shape index (κ1) is 16.9. The topological polar surface area (TPSA) is 54.0 Å². The Balaban J connectivity index is 1.95. The minimum Gasteiger partial charge on any atom is -0.493 e. The van der Waals surface area contributed by atoms with E-state index >= 15 is 0 Å². The largest absolute Gasteiger partial charge is 0.493 e. The molecule has 2 aromatic carbocycles. The third kappa shape index (κ3) is 3.31. The second-order valence-corrected chi connectivity index (χ2v) is 5.62. The van der Waals surface area contributed by atoms with Crippen molar-refractivity contribution in [2.45, 2.75) is 12.3 Å². The van der Waals surface area contributed by atoms with Gasteiger partial charge in [-0.3, -0.25) is 4.79 Å². The van der Waals surface area contributed by atoms with Crippen LogP contribution >= 0.6 is 0 Å². The molecule has 3 rings (SSSR count). The molecule has 0 fully saturated rings. The second kappa shape index (κ2) is 7.30. The molecule has 1 atom stereocenters. The minimum absolute atomic E-state index is 0.00887. The lowest BCUT2D eigenvalue weighted by Gasteiger charge is -2.17. The number of Topliss-reactive ketones (excluding diaryl/α,β-unsaturated/α-hetero) is 1. The predicted molar refractivity (Wildman–Crippen MR) is 94.0 cm³/mol. The Kier molecular flexibility index (Phi) is 4.93. The molecule has 25 heavy (non-hydrogen) atoms. The molecule has 0 radical (unpaired) electrons. The fraction of sp³-hybridized carbons (Fsp3) is 0.250. The van der Waals surface area contributed by atoms with Crippen molar-refractivity contribution in [2.75, 3.05) is 21.0 Å². The van der Waals surface area contributed by atoms with Gasteiger partial charge in [-0.15, -0.1) is 6.58 Å². The Morgan fingerprint density at radius 3 is 2.60 bits per heavy atom. The first-order valence-corrected chi connectivity index (χ1v) is 7.94. The lowest BCUT2D eigenvalue weighted by atomic mass is 9.87. The molecule has 2 aromatic rings. The van der Waals surface area contributed by atoms with Gasteiger partial charge in [0, 0.05) is 5.56 Å². The summed E-state index contributed by atoms with van der Waals surface area (Å²) in [5, 5.41) is 0. The summed E-state index contributed by atoms with van der Waals surface area (Å²) < 4.78 is 21.3. The monoisotopic (exact) mass is 340 g/mol. The van der Waals surface area contributed by atoms with Gasteiger partial charge in [0.1, 0.15) is 0 Å². The highest BCUT2D eigenvalue weighted by molar-refractivity contribution is 6.01. The van der Waals surface area contributed by atoms with Gasteiger partial charge in [0.2, 0.25) is 6.79 Å². The zero-order valence-electron chi connectivity index (χ0n) is 14.3. The molecule has 0 saturated heterocycles. The van der Waals surface area contributed by atoms with Crippen LogP contribution in [0.2, 0.25) is 0 Å². The van der Waals surface area contributed by atoms with Crippen LogP contribution in [0.25, 0.3) is 0 Å². The number of rotatable bonds is 7. The van der Waals surface area contributed by atoms with E-state index in [0.717, 1.165) is 5.56 Å². The summed E-state index contributed by atoms with van der Waals surface area (Å²) >= 11 is 0. The van der Waals surface area contributed by atoms with Crippen LogP contribution in [0.4, 0.5) is 0 Å². The fourth-order valence-corrected chi connectivity index (χ4v) is 2.88. The van der Waals surface area contributed by atoms with Crippen molar-refractivity contribution in [3.8, 4) is 23.0 Å². The molecule has 5 heteroatoms. The van der Waals surface area contributed by atoms with Gasteiger partial charge < -0.3 is 18.9 Å². The smallest absolute Gasteiger partial charge is 0.231 e. The Morgan fingerprint density at radius 2 is 1.88 bits per heavy atom. The number of ketones is 1. The third-order valence-corrected chi connectivity index (χ3v) is 4.19. The molecule has 0 aromatic heterocycles. The number of allylic oxidation sites excluding steroid dienone is 1. The number of ether oxygens (including phenoxy) is 4. The molecule has 1 heterocycles. The highest BCUT2D eigenvalue weighted by Crippen LogP contribution is 2.36. The van der Waals surface area contributed by atoms with Gasteiger partial charge in [-0.05, 0) is 42.3 Å². The molecule has 0 unspecified atom stereocenters. The van der Waals surface area contributed by atoms with Crippen LogP contribution in [-0.4, -0.2) is 26.8 Å². The average molecular weight is 340 g/mol. The second-order valence-electron chi connectivity index (χ2n) is 5.62. The van der Waals surface area contributed by atoms with Crippen molar-refractivity contribution in [1.82, 2.24) is 0 Å². The van der Waals surface area contributed by atoms with Gasteiger partial charge in [0.05, 0.1) is 20.1 Å². The summed E-state index contributed by atoms with van der Waals surface area (Å²) in [6.07, 6.45) is 2.26. The van der Waals surface area contributed by atoms with Crippen LogP contribution in [-0.2, 0) is 0 Å². The number of hydrogen-bond acceptors (Lipinski definition) is 5. The molecule has 130 valence electrons. The van der Waals surface area contributed by atoms with Gasteiger partial charge >= 0.3 is 0 Å².